The zero-order valence-electron chi connectivity index (χ0n) is 22.5. The summed E-state index contributed by atoms with van der Waals surface area (Å²) in [6.07, 6.45) is 7.42. The van der Waals surface area contributed by atoms with Gasteiger partial charge in [-0.2, -0.15) is 0 Å². The van der Waals surface area contributed by atoms with E-state index in [-0.39, 0.29) is 23.4 Å². The standard InChI is InChI=1S/C27H35N5O4Si/c1-9-17-11-10-12-18(13-17)31-23-20-24(29-15-28-23)32(16-30-20)25-22-21(35-27(5,6)36-22)19(34-25)14-33-37(7,8)26(2,3)4/h1,10-13,15-16,19,21-22,25H,14H2,2-8H3,(H,28,29,31)/t19-,21-,22-,25-/m1/s1. The minimum Gasteiger partial charge on any atom is -0.414 e. The van der Waals surface area contributed by atoms with Crippen molar-refractivity contribution in [3.05, 3.63) is 42.5 Å². The van der Waals surface area contributed by atoms with Gasteiger partial charge in [-0.25, -0.2) is 15.0 Å². The van der Waals surface area contributed by atoms with Gasteiger partial charge in [0, 0.05) is 11.3 Å². The first-order chi connectivity index (χ1) is 17.4. The Bertz CT molecular complexity index is 1340. The van der Waals surface area contributed by atoms with Crippen LogP contribution in [0.15, 0.2) is 36.9 Å². The SMILES string of the molecule is C#Cc1cccc(Nc2ncnc3c2ncn3[C@@H]2O[C@H](CO[Si](C)(C)C(C)(C)C)[C@H]3OC(C)(C)O[C@H]32)c1. The van der Waals surface area contributed by atoms with Crippen molar-refractivity contribution in [2.45, 2.75) is 83.1 Å². The number of nitrogens with zero attached hydrogens (tertiary/aromatic N) is 4. The molecule has 0 radical (unpaired) electrons. The highest BCUT2D eigenvalue weighted by molar-refractivity contribution is 6.74. The third-order valence-electron chi connectivity index (χ3n) is 7.46. The summed E-state index contributed by atoms with van der Waals surface area (Å²) in [6.45, 7) is 15.4. The van der Waals surface area contributed by atoms with Crippen LogP contribution in [-0.4, -0.2) is 58.5 Å². The Morgan fingerprint density at radius 2 is 1.92 bits per heavy atom. The summed E-state index contributed by atoms with van der Waals surface area (Å²) in [7, 11) is -1.97. The number of ether oxygens (including phenoxy) is 3. The monoisotopic (exact) mass is 521 g/mol. The lowest BCUT2D eigenvalue weighted by atomic mass is 10.1. The summed E-state index contributed by atoms with van der Waals surface area (Å²) in [4.78, 5) is 13.6. The normalized spacial score (nSPS) is 25.2. The Morgan fingerprint density at radius 1 is 1.16 bits per heavy atom. The molecule has 3 aromatic rings. The van der Waals surface area contributed by atoms with Crippen LogP contribution < -0.4 is 5.32 Å². The number of hydrogen-bond donors (Lipinski definition) is 1. The second-order valence-corrected chi connectivity index (χ2v) is 16.4. The number of imidazole rings is 1. The van der Waals surface area contributed by atoms with Crippen molar-refractivity contribution in [1.29, 1.82) is 0 Å². The van der Waals surface area contributed by atoms with Gasteiger partial charge < -0.3 is 24.0 Å². The van der Waals surface area contributed by atoms with Gasteiger partial charge in [0.1, 0.15) is 24.6 Å². The number of rotatable bonds is 6. The van der Waals surface area contributed by atoms with Crippen molar-refractivity contribution in [3.8, 4) is 12.3 Å². The highest BCUT2D eigenvalue weighted by Crippen LogP contribution is 2.45. The van der Waals surface area contributed by atoms with Crippen LogP contribution in [0.4, 0.5) is 11.5 Å². The zero-order valence-corrected chi connectivity index (χ0v) is 23.5. The molecule has 196 valence electrons. The third-order valence-corrected chi connectivity index (χ3v) is 12.0. The second kappa shape index (κ2) is 9.18. The van der Waals surface area contributed by atoms with Crippen molar-refractivity contribution in [2.75, 3.05) is 11.9 Å². The number of aromatic nitrogens is 4. The molecule has 4 atom stereocenters. The first kappa shape index (κ1) is 25.8. The Labute approximate surface area is 219 Å². The molecule has 5 rings (SSSR count). The Morgan fingerprint density at radius 3 is 2.65 bits per heavy atom. The predicted octanol–water partition coefficient (Wildman–Crippen LogP) is 4.99. The van der Waals surface area contributed by atoms with Gasteiger partial charge in [-0.05, 0) is 50.2 Å². The zero-order chi connectivity index (χ0) is 26.6. The highest BCUT2D eigenvalue weighted by Gasteiger charge is 2.56. The summed E-state index contributed by atoms with van der Waals surface area (Å²) < 4.78 is 27.6. The van der Waals surface area contributed by atoms with Crippen molar-refractivity contribution >= 4 is 31.0 Å². The predicted molar refractivity (Wildman–Crippen MR) is 144 cm³/mol. The molecule has 2 aliphatic heterocycles. The number of terminal acetylenes is 1. The quantitative estimate of drug-likeness (QED) is 0.358. The van der Waals surface area contributed by atoms with Crippen LogP contribution in [-0.2, 0) is 18.6 Å². The van der Waals surface area contributed by atoms with Crippen LogP contribution in [0.25, 0.3) is 11.2 Å². The van der Waals surface area contributed by atoms with Gasteiger partial charge in [-0.15, -0.1) is 6.42 Å². The van der Waals surface area contributed by atoms with Gasteiger partial charge in [-0.1, -0.05) is 32.8 Å². The highest BCUT2D eigenvalue weighted by atomic mass is 28.4. The van der Waals surface area contributed by atoms with Crippen LogP contribution >= 0.6 is 0 Å². The van der Waals surface area contributed by atoms with Crippen molar-refractivity contribution < 1.29 is 18.6 Å². The summed E-state index contributed by atoms with van der Waals surface area (Å²) >= 11 is 0. The Hall–Kier alpha value is -2.81. The molecule has 0 unspecified atom stereocenters. The first-order valence-electron chi connectivity index (χ1n) is 12.5. The number of hydrogen-bond acceptors (Lipinski definition) is 8. The fourth-order valence-corrected chi connectivity index (χ4v) is 5.49. The fraction of sp³-hybridized carbons (Fsp3) is 0.519. The van der Waals surface area contributed by atoms with Gasteiger partial charge in [0.25, 0.3) is 0 Å². The summed E-state index contributed by atoms with van der Waals surface area (Å²) in [5.41, 5.74) is 2.85. The van der Waals surface area contributed by atoms with Gasteiger partial charge in [0.2, 0.25) is 0 Å². The van der Waals surface area contributed by atoms with E-state index in [9.17, 15) is 0 Å². The van der Waals surface area contributed by atoms with Gasteiger partial charge in [0.05, 0.1) is 12.9 Å². The smallest absolute Gasteiger partial charge is 0.192 e. The Kier molecular flexibility index (Phi) is 6.41. The maximum Gasteiger partial charge on any atom is 0.192 e. The van der Waals surface area contributed by atoms with Gasteiger partial charge in [0.15, 0.2) is 37.3 Å². The number of fused-ring (bicyclic) bond motifs is 2. The average molecular weight is 522 g/mol. The van der Waals surface area contributed by atoms with Crippen LogP contribution in [0.2, 0.25) is 18.1 Å². The van der Waals surface area contributed by atoms with Crippen LogP contribution in [0.1, 0.15) is 46.4 Å². The van der Waals surface area contributed by atoms with Crippen molar-refractivity contribution in [3.63, 3.8) is 0 Å². The number of benzene rings is 1. The van der Waals surface area contributed by atoms with Crippen molar-refractivity contribution in [2.24, 2.45) is 0 Å². The van der Waals surface area contributed by atoms with E-state index < -0.39 is 20.3 Å². The largest absolute Gasteiger partial charge is 0.414 e. The number of anilines is 2. The molecular formula is C27H35N5O4Si. The van der Waals surface area contributed by atoms with E-state index in [1.54, 1.807) is 6.33 Å². The lowest BCUT2D eigenvalue weighted by Gasteiger charge is -2.37. The van der Waals surface area contributed by atoms with Crippen LogP contribution in [0.5, 0.6) is 0 Å². The lowest BCUT2D eigenvalue weighted by molar-refractivity contribution is -0.199. The molecule has 0 aliphatic carbocycles. The van der Waals surface area contributed by atoms with E-state index in [4.69, 9.17) is 25.1 Å². The van der Waals surface area contributed by atoms with E-state index in [0.29, 0.717) is 23.6 Å². The summed E-state index contributed by atoms with van der Waals surface area (Å²) in [5, 5.41) is 3.40. The average Bonchev–Trinajstić information content (AvgIpc) is 3.48. The van der Waals surface area contributed by atoms with Crippen molar-refractivity contribution in [1.82, 2.24) is 19.5 Å². The molecule has 0 spiro atoms. The summed E-state index contributed by atoms with van der Waals surface area (Å²) in [6, 6.07) is 7.58. The molecule has 0 bridgehead atoms. The van der Waals surface area contributed by atoms with Gasteiger partial charge in [-0.3, -0.25) is 4.57 Å². The molecule has 2 aromatic heterocycles. The van der Waals surface area contributed by atoms with Gasteiger partial charge >= 0.3 is 0 Å². The fourth-order valence-electron chi connectivity index (χ4n) is 4.48. The molecule has 1 N–H and O–H groups in total. The molecule has 1 aromatic carbocycles. The molecule has 9 nitrogen and oxygen atoms in total. The molecule has 2 saturated heterocycles. The molecule has 10 heteroatoms. The molecule has 2 fully saturated rings. The third kappa shape index (κ3) is 4.90. The number of nitrogens with one attached hydrogen (secondary N) is 1. The molecule has 0 saturated carbocycles. The van der Waals surface area contributed by atoms with E-state index in [1.165, 1.54) is 6.33 Å². The second-order valence-electron chi connectivity index (χ2n) is 11.6. The minimum atomic E-state index is -1.97. The lowest BCUT2D eigenvalue weighted by Crippen LogP contribution is -2.44. The van der Waals surface area contributed by atoms with E-state index >= 15 is 0 Å². The maximum atomic E-state index is 6.54. The summed E-state index contributed by atoms with van der Waals surface area (Å²) in [5.74, 6) is 2.50. The Balaban J connectivity index is 1.43. The van der Waals surface area contributed by atoms with E-state index in [0.717, 1.165) is 11.3 Å². The first-order valence-corrected chi connectivity index (χ1v) is 15.5. The van der Waals surface area contributed by atoms with E-state index in [1.807, 2.05) is 42.7 Å². The molecule has 37 heavy (non-hydrogen) atoms. The maximum absolute atomic E-state index is 6.54. The minimum absolute atomic E-state index is 0.0946. The molecule has 0 amide bonds. The van der Waals surface area contributed by atoms with Crippen LogP contribution in [0, 0.1) is 12.3 Å². The molecule has 2 aliphatic rings. The molecular weight excluding hydrogens is 486 g/mol. The molecule has 4 heterocycles. The topological polar surface area (TPSA) is 92.6 Å². The van der Waals surface area contributed by atoms with Crippen LogP contribution in [0.3, 0.4) is 0 Å². The van der Waals surface area contributed by atoms with E-state index in [2.05, 4.69) is 60.1 Å².